The third-order valence-corrected chi connectivity index (χ3v) is 8.13. The zero-order valence-electron chi connectivity index (χ0n) is 18.3. The first-order valence-electron chi connectivity index (χ1n) is 10.4. The van der Waals surface area contributed by atoms with Crippen molar-refractivity contribution in [3.05, 3.63) is 59.1 Å². The van der Waals surface area contributed by atoms with Crippen LogP contribution >= 0.6 is 11.3 Å². The Hall–Kier alpha value is -2.95. The zero-order valence-corrected chi connectivity index (χ0v) is 19.9. The average molecular weight is 489 g/mol. The Labute approximate surface area is 196 Å². The molecule has 1 aromatic heterocycles. The number of rotatable bonds is 8. The highest BCUT2D eigenvalue weighted by molar-refractivity contribution is 7.89. The number of thiazole rings is 1. The smallest absolute Gasteiger partial charge is 0.338 e. The predicted octanol–water partition coefficient (Wildman–Crippen LogP) is 3.97. The summed E-state index contributed by atoms with van der Waals surface area (Å²) < 4.78 is 43.2. The maximum atomic E-state index is 12.8. The van der Waals surface area contributed by atoms with E-state index < -0.39 is 16.0 Å². The molecule has 2 heterocycles. The number of para-hydroxylation sites is 1. The van der Waals surface area contributed by atoms with Crippen LogP contribution in [0.3, 0.4) is 0 Å². The topological polar surface area (TPSA) is 95.0 Å². The molecular formula is C23H24N2O6S2. The maximum absolute atomic E-state index is 12.8. The van der Waals surface area contributed by atoms with Gasteiger partial charge >= 0.3 is 5.97 Å². The van der Waals surface area contributed by atoms with Crippen LogP contribution in [0.15, 0.2) is 52.7 Å². The number of benzene rings is 2. The number of sulfonamides is 1. The van der Waals surface area contributed by atoms with E-state index >= 15 is 0 Å². The van der Waals surface area contributed by atoms with Gasteiger partial charge in [-0.3, -0.25) is 0 Å². The average Bonchev–Trinajstić information content (AvgIpc) is 3.55. The van der Waals surface area contributed by atoms with Crippen LogP contribution in [0, 0.1) is 0 Å². The standard InChI is InChI=1S/C23H24N2O6S2/c1-29-20-10-6-9-19(21(20)30-2)22-24-17(15-32-22)14-31-23(26)16-7-5-8-18(13-16)33(27,28)25-11-3-4-12-25/h5-10,13,15H,3-4,11-12,14H2,1-2H3. The van der Waals surface area contributed by atoms with Gasteiger partial charge in [0.05, 0.1) is 35.9 Å². The molecule has 4 rings (SSSR count). The quantitative estimate of drug-likeness (QED) is 0.443. The Morgan fingerprint density at radius 1 is 1.09 bits per heavy atom. The second kappa shape index (κ2) is 9.90. The second-order valence-corrected chi connectivity index (χ2v) is 10.2. The van der Waals surface area contributed by atoms with E-state index in [4.69, 9.17) is 14.2 Å². The van der Waals surface area contributed by atoms with Gasteiger partial charge in [-0.05, 0) is 43.2 Å². The van der Waals surface area contributed by atoms with Crippen molar-refractivity contribution in [2.75, 3.05) is 27.3 Å². The number of methoxy groups -OCH3 is 2. The largest absolute Gasteiger partial charge is 0.493 e. The van der Waals surface area contributed by atoms with Gasteiger partial charge < -0.3 is 14.2 Å². The molecule has 0 N–H and O–H groups in total. The SMILES string of the molecule is COc1cccc(-c2nc(COC(=O)c3cccc(S(=O)(=O)N4CCCC4)c3)cs2)c1OC. The molecule has 10 heteroatoms. The molecule has 0 radical (unpaired) electrons. The molecule has 0 bridgehead atoms. The summed E-state index contributed by atoms with van der Waals surface area (Å²) in [5.74, 6) is 0.567. The Morgan fingerprint density at radius 2 is 1.85 bits per heavy atom. The number of nitrogens with zero attached hydrogens (tertiary/aromatic N) is 2. The van der Waals surface area contributed by atoms with E-state index in [9.17, 15) is 13.2 Å². The van der Waals surface area contributed by atoms with Gasteiger partial charge in [0, 0.05) is 18.5 Å². The lowest BCUT2D eigenvalue weighted by Gasteiger charge is -2.15. The zero-order chi connectivity index (χ0) is 23.4. The number of carbonyl (C=O) groups excluding carboxylic acids is 1. The van der Waals surface area contributed by atoms with Crippen molar-refractivity contribution in [2.45, 2.75) is 24.3 Å². The molecule has 3 aromatic rings. The fourth-order valence-corrected chi connectivity index (χ4v) is 6.03. The third kappa shape index (κ3) is 4.87. The number of ether oxygens (including phenoxy) is 3. The summed E-state index contributed by atoms with van der Waals surface area (Å²) in [5.41, 5.74) is 1.54. The number of carbonyl (C=O) groups is 1. The Morgan fingerprint density at radius 3 is 2.58 bits per heavy atom. The normalized spacial score (nSPS) is 14.2. The molecule has 0 atom stereocenters. The van der Waals surface area contributed by atoms with Crippen molar-refractivity contribution in [1.29, 1.82) is 0 Å². The monoisotopic (exact) mass is 488 g/mol. The third-order valence-electron chi connectivity index (χ3n) is 5.31. The van der Waals surface area contributed by atoms with Gasteiger partial charge in [0.2, 0.25) is 10.0 Å². The van der Waals surface area contributed by atoms with E-state index in [-0.39, 0.29) is 17.1 Å². The number of aromatic nitrogens is 1. The van der Waals surface area contributed by atoms with Gasteiger partial charge in [0.25, 0.3) is 0 Å². The van der Waals surface area contributed by atoms with Gasteiger partial charge in [-0.25, -0.2) is 18.2 Å². The van der Waals surface area contributed by atoms with Crippen LogP contribution in [0.2, 0.25) is 0 Å². The molecule has 1 aliphatic heterocycles. The van der Waals surface area contributed by atoms with E-state index in [1.165, 1.54) is 27.8 Å². The molecule has 33 heavy (non-hydrogen) atoms. The number of hydrogen-bond acceptors (Lipinski definition) is 8. The van der Waals surface area contributed by atoms with E-state index in [0.717, 1.165) is 18.4 Å². The highest BCUT2D eigenvalue weighted by Crippen LogP contribution is 2.39. The van der Waals surface area contributed by atoms with Gasteiger partial charge in [-0.15, -0.1) is 11.3 Å². The fraction of sp³-hybridized carbons (Fsp3) is 0.304. The van der Waals surface area contributed by atoms with E-state index in [0.29, 0.717) is 35.3 Å². The van der Waals surface area contributed by atoms with E-state index in [2.05, 4.69) is 4.98 Å². The molecule has 0 unspecified atom stereocenters. The molecule has 0 amide bonds. The minimum absolute atomic E-state index is 0.0370. The molecule has 8 nitrogen and oxygen atoms in total. The molecule has 0 saturated carbocycles. The number of hydrogen-bond donors (Lipinski definition) is 0. The minimum atomic E-state index is -3.61. The summed E-state index contributed by atoms with van der Waals surface area (Å²) >= 11 is 1.40. The van der Waals surface area contributed by atoms with Crippen LogP contribution < -0.4 is 9.47 Å². The lowest BCUT2D eigenvalue weighted by Crippen LogP contribution is -2.28. The summed E-state index contributed by atoms with van der Waals surface area (Å²) in [6.07, 6.45) is 1.69. The lowest BCUT2D eigenvalue weighted by molar-refractivity contribution is 0.0468. The molecule has 1 aliphatic rings. The molecule has 1 saturated heterocycles. The summed E-state index contributed by atoms with van der Waals surface area (Å²) in [6.45, 7) is 0.965. The first-order valence-corrected chi connectivity index (χ1v) is 12.7. The summed E-state index contributed by atoms with van der Waals surface area (Å²) in [6, 6.07) is 11.5. The summed E-state index contributed by atoms with van der Waals surface area (Å²) in [5, 5.41) is 2.51. The number of esters is 1. The van der Waals surface area contributed by atoms with Crippen LogP contribution in [0.25, 0.3) is 10.6 Å². The van der Waals surface area contributed by atoms with E-state index in [1.54, 1.807) is 37.8 Å². The van der Waals surface area contributed by atoms with Crippen molar-refractivity contribution in [3.63, 3.8) is 0 Å². The van der Waals surface area contributed by atoms with Crippen LogP contribution in [-0.4, -0.2) is 51.0 Å². The Balaban J connectivity index is 1.46. The first-order chi connectivity index (χ1) is 15.9. The van der Waals surface area contributed by atoms with Crippen LogP contribution in [0.1, 0.15) is 28.9 Å². The van der Waals surface area contributed by atoms with Gasteiger partial charge in [0.15, 0.2) is 11.5 Å². The summed E-state index contributed by atoms with van der Waals surface area (Å²) in [4.78, 5) is 17.2. The van der Waals surface area contributed by atoms with Crippen LogP contribution in [0.4, 0.5) is 0 Å². The Bertz CT molecular complexity index is 1250. The van der Waals surface area contributed by atoms with Crippen LogP contribution in [-0.2, 0) is 21.4 Å². The van der Waals surface area contributed by atoms with Crippen molar-refractivity contribution < 1.29 is 27.4 Å². The van der Waals surface area contributed by atoms with Crippen molar-refractivity contribution in [1.82, 2.24) is 9.29 Å². The minimum Gasteiger partial charge on any atom is -0.493 e. The molecule has 0 spiro atoms. The van der Waals surface area contributed by atoms with Gasteiger partial charge in [0.1, 0.15) is 11.6 Å². The highest BCUT2D eigenvalue weighted by atomic mass is 32.2. The highest BCUT2D eigenvalue weighted by Gasteiger charge is 2.27. The van der Waals surface area contributed by atoms with Crippen molar-refractivity contribution in [3.8, 4) is 22.1 Å². The molecule has 1 fully saturated rings. The second-order valence-electron chi connectivity index (χ2n) is 7.40. The van der Waals surface area contributed by atoms with Crippen molar-refractivity contribution in [2.24, 2.45) is 0 Å². The van der Waals surface area contributed by atoms with Gasteiger partial charge in [-0.2, -0.15) is 4.31 Å². The van der Waals surface area contributed by atoms with Crippen molar-refractivity contribution >= 4 is 27.3 Å². The predicted molar refractivity (Wildman–Crippen MR) is 124 cm³/mol. The maximum Gasteiger partial charge on any atom is 0.338 e. The first kappa shape index (κ1) is 23.2. The Kier molecular flexibility index (Phi) is 6.96. The van der Waals surface area contributed by atoms with Gasteiger partial charge in [-0.1, -0.05) is 12.1 Å². The molecule has 0 aliphatic carbocycles. The lowest BCUT2D eigenvalue weighted by atomic mass is 10.2. The molecule has 174 valence electrons. The van der Waals surface area contributed by atoms with Crippen LogP contribution in [0.5, 0.6) is 11.5 Å². The molecular weight excluding hydrogens is 464 g/mol. The fourth-order valence-electron chi connectivity index (χ4n) is 3.64. The molecule has 2 aromatic carbocycles. The van der Waals surface area contributed by atoms with E-state index in [1.807, 2.05) is 12.1 Å². The summed E-state index contributed by atoms with van der Waals surface area (Å²) in [7, 11) is -0.474.